The summed E-state index contributed by atoms with van der Waals surface area (Å²) in [6, 6.07) is 4.70. The van der Waals surface area contributed by atoms with Gasteiger partial charge in [-0.15, -0.1) is 0 Å². The second-order valence-electron chi connectivity index (χ2n) is 5.11. The van der Waals surface area contributed by atoms with Crippen molar-refractivity contribution >= 4 is 11.9 Å². The molecule has 24 heavy (non-hydrogen) atoms. The number of benzene rings is 1. The van der Waals surface area contributed by atoms with Crippen LogP contribution in [0, 0.1) is 13.8 Å². The SMILES string of the molecule is Cc1noc(C)c1COc1ccccc1C(=O)NC(CF)C(=O)O. The number of carbonyl (C=O) groups excluding carboxylic acids is 1. The third kappa shape index (κ3) is 3.89. The van der Waals surface area contributed by atoms with E-state index in [1.807, 2.05) is 0 Å². The van der Waals surface area contributed by atoms with Gasteiger partial charge in [0.05, 0.1) is 16.8 Å². The number of nitrogens with one attached hydrogen (secondary N) is 1. The van der Waals surface area contributed by atoms with Crippen molar-refractivity contribution < 1.29 is 28.3 Å². The maximum absolute atomic E-state index is 12.7. The van der Waals surface area contributed by atoms with Gasteiger partial charge in [-0.25, -0.2) is 9.18 Å². The van der Waals surface area contributed by atoms with Gasteiger partial charge in [0.1, 0.15) is 24.8 Å². The van der Waals surface area contributed by atoms with Gasteiger partial charge >= 0.3 is 5.97 Å². The Morgan fingerprint density at radius 1 is 1.38 bits per heavy atom. The smallest absolute Gasteiger partial charge is 0.328 e. The minimum atomic E-state index is -1.60. The van der Waals surface area contributed by atoms with Crippen LogP contribution < -0.4 is 10.1 Å². The molecular weight excluding hydrogens is 319 g/mol. The molecule has 2 N–H and O–H groups in total. The first kappa shape index (κ1) is 17.5. The van der Waals surface area contributed by atoms with Crippen LogP contribution in [0.4, 0.5) is 4.39 Å². The highest BCUT2D eigenvalue weighted by Crippen LogP contribution is 2.21. The lowest BCUT2D eigenvalue weighted by molar-refractivity contribution is -0.139. The third-order valence-corrected chi connectivity index (χ3v) is 3.44. The van der Waals surface area contributed by atoms with Crippen molar-refractivity contribution in [3.8, 4) is 5.75 Å². The summed E-state index contributed by atoms with van der Waals surface area (Å²) in [7, 11) is 0. The van der Waals surface area contributed by atoms with E-state index in [2.05, 4.69) is 10.5 Å². The third-order valence-electron chi connectivity index (χ3n) is 3.44. The number of rotatable bonds is 7. The van der Waals surface area contributed by atoms with Crippen molar-refractivity contribution in [2.45, 2.75) is 26.5 Å². The molecule has 1 unspecified atom stereocenters. The Labute approximate surface area is 137 Å². The molecule has 0 fully saturated rings. The molecule has 8 heteroatoms. The van der Waals surface area contributed by atoms with Crippen molar-refractivity contribution in [2.75, 3.05) is 6.67 Å². The van der Waals surface area contributed by atoms with E-state index in [0.717, 1.165) is 5.56 Å². The second-order valence-corrected chi connectivity index (χ2v) is 5.11. The van der Waals surface area contributed by atoms with Crippen LogP contribution in [0.15, 0.2) is 28.8 Å². The fraction of sp³-hybridized carbons (Fsp3) is 0.312. The van der Waals surface area contributed by atoms with Crippen molar-refractivity contribution in [3.63, 3.8) is 0 Å². The Bertz CT molecular complexity index is 724. The Kier molecular flexibility index (Phi) is 5.51. The Morgan fingerprint density at radius 2 is 2.08 bits per heavy atom. The molecule has 0 bridgehead atoms. The molecule has 0 saturated heterocycles. The number of aliphatic carboxylic acids is 1. The summed E-state index contributed by atoms with van der Waals surface area (Å²) in [6.07, 6.45) is 0. The average molecular weight is 336 g/mol. The van der Waals surface area contributed by atoms with Gasteiger partial charge in [-0.1, -0.05) is 17.3 Å². The normalized spacial score (nSPS) is 11.8. The lowest BCUT2D eigenvalue weighted by atomic mass is 10.1. The first-order valence-corrected chi connectivity index (χ1v) is 7.17. The van der Waals surface area contributed by atoms with Crippen molar-refractivity contribution in [1.29, 1.82) is 0 Å². The van der Waals surface area contributed by atoms with Gasteiger partial charge in [-0.3, -0.25) is 4.79 Å². The highest BCUT2D eigenvalue weighted by atomic mass is 19.1. The zero-order chi connectivity index (χ0) is 17.7. The standard InChI is InChI=1S/C16H17FN2O5/c1-9-12(10(2)24-19-9)8-23-14-6-4-3-5-11(14)15(20)18-13(7-17)16(21)22/h3-6,13H,7-8H2,1-2H3,(H,18,20)(H,21,22). The van der Waals surface area contributed by atoms with Crippen LogP contribution in [0.25, 0.3) is 0 Å². The summed E-state index contributed by atoms with van der Waals surface area (Å²) < 4.78 is 23.3. The van der Waals surface area contributed by atoms with Crippen LogP contribution in [0.2, 0.25) is 0 Å². The van der Waals surface area contributed by atoms with E-state index in [0.29, 0.717) is 11.5 Å². The number of aromatic nitrogens is 1. The molecule has 2 rings (SSSR count). The Balaban J connectivity index is 2.15. The van der Waals surface area contributed by atoms with Gasteiger partial charge in [0, 0.05) is 0 Å². The van der Waals surface area contributed by atoms with Gasteiger partial charge < -0.3 is 19.7 Å². The number of hydrogen-bond donors (Lipinski definition) is 2. The summed E-state index contributed by atoms with van der Waals surface area (Å²) in [5.74, 6) is -1.31. The number of para-hydroxylation sites is 1. The zero-order valence-electron chi connectivity index (χ0n) is 13.2. The number of amides is 1. The van der Waals surface area contributed by atoms with Crippen LogP contribution in [0.5, 0.6) is 5.75 Å². The van der Waals surface area contributed by atoms with Gasteiger partial charge in [-0.05, 0) is 26.0 Å². The average Bonchev–Trinajstić information content (AvgIpc) is 2.88. The van der Waals surface area contributed by atoms with Crippen LogP contribution in [-0.2, 0) is 11.4 Å². The van der Waals surface area contributed by atoms with Crippen LogP contribution in [0.1, 0.15) is 27.4 Å². The maximum Gasteiger partial charge on any atom is 0.328 e. The molecule has 1 amide bonds. The molecule has 1 aromatic heterocycles. The summed E-state index contributed by atoms with van der Waals surface area (Å²) in [4.78, 5) is 23.0. The van der Waals surface area contributed by atoms with Gasteiger partial charge in [0.15, 0.2) is 6.04 Å². The molecule has 0 saturated carbocycles. The number of nitrogens with zero attached hydrogens (tertiary/aromatic N) is 1. The molecule has 128 valence electrons. The maximum atomic E-state index is 12.7. The summed E-state index contributed by atoms with van der Waals surface area (Å²) >= 11 is 0. The minimum Gasteiger partial charge on any atom is -0.488 e. The molecular formula is C16H17FN2O5. The molecule has 0 aliphatic heterocycles. The summed E-state index contributed by atoms with van der Waals surface area (Å²) in [5, 5.41) is 14.8. The fourth-order valence-corrected chi connectivity index (χ4v) is 2.04. The molecule has 0 spiro atoms. The number of halogens is 1. The lowest BCUT2D eigenvalue weighted by Gasteiger charge is -2.14. The molecule has 1 heterocycles. The lowest BCUT2D eigenvalue weighted by Crippen LogP contribution is -2.42. The number of alkyl halides is 1. The van der Waals surface area contributed by atoms with E-state index >= 15 is 0 Å². The summed E-state index contributed by atoms with van der Waals surface area (Å²) in [6.45, 7) is 2.45. The van der Waals surface area contributed by atoms with E-state index < -0.39 is 24.6 Å². The molecule has 0 aliphatic rings. The summed E-state index contributed by atoms with van der Waals surface area (Å²) in [5.41, 5.74) is 1.55. The monoisotopic (exact) mass is 336 g/mol. The largest absolute Gasteiger partial charge is 0.488 e. The van der Waals surface area contributed by atoms with Gasteiger partial charge in [0.25, 0.3) is 5.91 Å². The molecule has 0 aliphatic carbocycles. The van der Waals surface area contributed by atoms with Crippen molar-refractivity contribution in [2.24, 2.45) is 0 Å². The van der Waals surface area contributed by atoms with E-state index in [9.17, 15) is 14.0 Å². The fourth-order valence-electron chi connectivity index (χ4n) is 2.04. The van der Waals surface area contributed by atoms with Crippen molar-refractivity contribution in [3.05, 3.63) is 46.8 Å². The first-order chi connectivity index (χ1) is 11.4. The van der Waals surface area contributed by atoms with Gasteiger partial charge in [0.2, 0.25) is 0 Å². The number of ether oxygens (including phenoxy) is 1. The number of hydrogen-bond acceptors (Lipinski definition) is 5. The quantitative estimate of drug-likeness (QED) is 0.802. The molecule has 7 nitrogen and oxygen atoms in total. The van der Waals surface area contributed by atoms with Crippen LogP contribution in [0.3, 0.4) is 0 Å². The number of aryl methyl sites for hydroxylation is 2. The van der Waals surface area contributed by atoms with Crippen LogP contribution in [-0.4, -0.2) is 34.9 Å². The molecule has 0 radical (unpaired) electrons. The Hall–Kier alpha value is -2.90. The topological polar surface area (TPSA) is 102 Å². The zero-order valence-corrected chi connectivity index (χ0v) is 13.2. The van der Waals surface area contributed by atoms with Crippen LogP contribution >= 0.6 is 0 Å². The predicted molar refractivity (Wildman–Crippen MR) is 81.6 cm³/mol. The number of carboxylic acid groups (broad SMARTS) is 1. The number of carboxylic acids is 1. The highest BCUT2D eigenvalue weighted by molar-refractivity contribution is 5.98. The molecule has 2 aromatic rings. The van der Waals surface area contributed by atoms with Crippen molar-refractivity contribution in [1.82, 2.24) is 10.5 Å². The molecule has 1 aromatic carbocycles. The second kappa shape index (κ2) is 7.58. The highest BCUT2D eigenvalue weighted by Gasteiger charge is 2.22. The Morgan fingerprint density at radius 3 is 2.67 bits per heavy atom. The van der Waals surface area contributed by atoms with E-state index in [1.54, 1.807) is 32.0 Å². The first-order valence-electron chi connectivity index (χ1n) is 7.17. The minimum absolute atomic E-state index is 0.115. The number of carbonyl (C=O) groups is 2. The predicted octanol–water partition coefficient (Wildman–Crippen LogP) is 2.02. The van der Waals surface area contributed by atoms with E-state index in [1.165, 1.54) is 6.07 Å². The van der Waals surface area contributed by atoms with Gasteiger partial charge in [-0.2, -0.15) is 0 Å². The molecule has 1 atom stereocenters. The van der Waals surface area contributed by atoms with E-state index in [-0.39, 0.29) is 17.9 Å². The van der Waals surface area contributed by atoms with E-state index in [4.69, 9.17) is 14.4 Å².